The Morgan fingerprint density at radius 3 is 2.87 bits per heavy atom. The van der Waals surface area contributed by atoms with E-state index in [0.29, 0.717) is 6.04 Å². The van der Waals surface area contributed by atoms with E-state index in [1.54, 1.807) is 7.11 Å². The van der Waals surface area contributed by atoms with Gasteiger partial charge in [0.2, 0.25) is 0 Å². The molecule has 0 aliphatic carbocycles. The van der Waals surface area contributed by atoms with Crippen molar-refractivity contribution in [2.75, 3.05) is 13.7 Å². The predicted molar refractivity (Wildman–Crippen MR) is 64.5 cm³/mol. The molecule has 0 fully saturated rings. The van der Waals surface area contributed by atoms with Crippen molar-refractivity contribution in [1.82, 2.24) is 5.32 Å². The number of hydrogen-bond donors (Lipinski definition) is 1. The van der Waals surface area contributed by atoms with E-state index in [2.05, 4.69) is 31.3 Å². The lowest BCUT2D eigenvalue weighted by Gasteiger charge is -2.13. The zero-order chi connectivity index (χ0) is 11.1. The fraction of sp³-hybridized carbons (Fsp3) is 0.538. The third-order valence-corrected chi connectivity index (χ3v) is 2.42. The van der Waals surface area contributed by atoms with Crippen molar-refractivity contribution in [3.8, 4) is 5.75 Å². The molecule has 0 spiro atoms. The molecule has 1 atom stereocenters. The molecule has 84 valence electrons. The van der Waals surface area contributed by atoms with Crippen molar-refractivity contribution in [3.05, 3.63) is 29.8 Å². The molecule has 1 rings (SSSR count). The van der Waals surface area contributed by atoms with Crippen LogP contribution >= 0.6 is 0 Å². The van der Waals surface area contributed by atoms with Crippen molar-refractivity contribution in [2.45, 2.75) is 32.7 Å². The molecule has 2 heteroatoms. The van der Waals surface area contributed by atoms with Crippen LogP contribution in [0, 0.1) is 0 Å². The van der Waals surface area contributed by atoms with Crippen LogP contribution in [0.1, 0.15) is 25.8 Å². The number of benzene rings is 1. The second-order valence-corrected chi connectivity index (χ2v) is 3.91. The zero-order valence-electron chi connectivity index (χ0n) is 9.92. The molecule has 1 aromatic carbocycles. The zero-order valence-corrected chi connectivity index (χ0v) is 9.92. The van der Waals surface area contributed by atoms with Crippen molar-refractivity contribution in [3.63, 3.8) is 0 Å². The highest BCUT2D eigenvalue weighted by molar-refractivity contribution is 5.28. The van der Waals surface area contributed by atoms with Gasteiger partial charge in [0.25, 0.3) is 0 Å². The summed E-state index contributed by atoms with van der Waals surface area (Å²) in [6.07, 6.45) is 2.24. The molecule has 1 N–H and O–H groups in total. The highest BCUT2D eigenvalue weighted by atomic mass is 16.5. The first kappa shape index (κ1) is 12.1. The van der Waals surface area contributed by atoms with Gasteiger partial charge in [-0.05, 0) is 44.0 Å². The molecule has 1 unspecified atom stereocenters. The van der Waals surface area contributed by atoms with Crippen LogP contribution < -0.4 is 10.1 Å². The summed E-state index contributed by atoms with van der Waals surface area (Å²) >= 11 is 0. The minimum absolute atomic E-state index is 0.525. The Morgan fingerprint density at radius 2 is 2.20 bits per heavy atom. The van der Waals surface area contributed by atoms with Crippen molar-refractivity contribution >= 4 is 0 Å². The monoisotopic (exact) mass is 207 g/mol. The topological polar surface area (TPSA) is 21.3 Å². The van der Waals surface area contributed by atoms with Crippen LogP contribution in [0.4, 0.5) is 0 Å². The molecular weight excluding hydrogens is 186 g/mol. The van der Waals surface area contributed by atoms with Crippen LogP contribution in [0.25, 0.3) is 0 Å². The minimum atomic E-state index is 0.525. The van der Waals surface area contributed by atoms with Gasteiger partial charge in [-0.3, -0.25) is 0 Å². The summed E-state index contributed by atoms with van der Waals surface area (Å²) in [7, 11) is 1.71. The quantitative estimate of drug-likeness (QED) is 0.774. The normalized spacial score (nSPS) is 12.5. The van der Waals surface area contributed by atoms with Crippen LogP contribution in [-0.2, 0) is 6.42 Å². The molecule has 0 bridgehead atoms. The second-order valence-electron chi connectivity index (χ2n) is 3.91. The summed E-state index contributed by atoms with van der Waals surface area (Å²) in [5.74, 6) is 0.940. The van der Waals surface area contributed by atoms with Gasteiger partial charge in [-0.1, -0.05) is 19.1 Å². The Balaban J connectivity index is 2.48. The first-order valence-electron chi connectivity index (χ1n) is 5.62. The molecule has 0 aliphatic rings. The van der Waals surface area contributed by atoms with Gasteiger partial charge in [0, 0.05) is 6.04 Å². The van der Waals surface area contributed by atoms with Crippen molar-refractivity contribution < 1.29 is 4.74 Å². The Morgan fingerprint density at radius 1 is 1.40 bits per heavy atom. The molecule has 1 aromatic rings. The van der Waals surface area contributed by atoms with Crippen LogP contribution in [0.15, 0.2) is 24.3 Å². The molecule has 0 amide bonds. The number of methoxy groups -OCH3 is 1. The van der Waals surface area contributed by atoms with E-state index in [9.17, 15) is 0 Å². The van der Waals surface area contributed by atoms with E-state index < -0.39 is 0 Å². The maximum Gasteiger partial charge on any atom is 0.119 e. The van der Waals surface area contributed by atoms with Crippen molar-refractivity contribution in [2.24, 2.45) is 0 Å². The van der Waals surface area contributed by atoms with Crippen molar-refractivity contribution in [1.29, 1.82) is 0 Å². The summed E-state index contributed by atoms with van der Waals surface area (Å²) < 4.78 is 5.20. The lowest BCUT2D eigenvalue weighted by Crippen LogP contribution is -2.28. The van der Waals surface area contributed by atoms with E-state index in [1.807, 2.05) is 12.1 Å². The fourth-order valence-corrected chi connectivity index (χ4v) is 1.62. The van der Waals surface area contributed by atoms with Crippen LogP contribution in [0.5, 0.6) is 5.75 Å². The Labute approximate surface area is 92.6 Å². The molecule has 0 aliphatic heterocycles. The largest absolute Gasteiger partial charge is 0.497 e. The maximum absolute atomic E-state index is 5.20. The summed E-state index contributed by atoms with van der Waals surface area (Å²) in [6.45, 7) is 5.49. The number of rotatable bonds is 6. The highest BCUT2D eigenvalue weighted by Gasteiger charge is 2.02. The molecule has 0 aromatic heterocycles. The Hall–Kier alpha value is -1.02. The average molecular weight is 207 g/mol. The van der Waals surface area contributed by atoms with Gasteiger partial charge < -0.3 is 10.1 Å². The molecule has 0 radical (unpaired) electrons. The van der Waals surface area contributed by atoms with Crippen LogP contribution in [-0.4, -0.2) is 19.7 Å². The van der Waals surface area contributed by atoms with Gasteiger partial charge in [0.05, 0.1) is 7.11 Å². The fourth-order valence-electron chi connectivity index (χ4n) is 1.62. The van der Waals surface area contributed by atoms with Gasteiger partial charge in [-0.25, -0.2) is 0 Å². The average Bonchev–Trinajstić information content (AvgIpc) is 2.26. The SMILES string of the molecule is CCCNC(C)Cc1cccc(OC)c1. The molecule has 0 saturated heterocycles. The molecular formula is C13H21NO. The standard InChI is InChI=1S/C13H21NO/c1-4-8-14-11(2)9-12-6-5-7-13(10-12)15-3/h5-7,10-11,14H,4,8-9H2,1-3H3. The van der Waals surface area contributed by atoms with Gasteiger partial charge >= 0.3 is 0 Å². The summed E-state index contributed by atoms with van der Waals surface area (Å²) in [4.78, 5) is 0. The van der Waals surface area contributed by atoms with Gasteiger partial charge in [0.15, 0.2) is 0 Å². The Bertz CT molecular complexity index is 286. The third-order valence-electron chi connectivity index (χ3n) is 2.42. The number of nitrogens with one attached hydrogen (secondary N) is 1. The lowest BCUT2D eigenvalue weighted by molar-refractivity contribution is 0.414. The smallest absolute Gasteiger partial charge is 0.119 e. The van der Waals surface area contributed by atoms with E-state index in [1.165, 1.54) is 12.0 Å². The van der Waals surface area contributed by atoms with Crippen LogP contribution in [0.3, 0.4) is 0 Å². The first-order valence-corrected chi connectivity index (χ1v) is 5.62. The second kappa shape index (κ2) is 6.46. The van der Waals surface area contributed by atoms with E-state index in [0.717, 1.165) is 18.7 Å². The van der Waals surface area contributed by atoms with Crippen LogP contribution in [0.2, 0.25) is 0 Å². The van der Waals surface area contributed by atoms with Gasteiger partial charge in [-0.2, -0.15) is 0 Å². The maximum atomic E-state index is 5.20. The number of ether oxygens (including phenoxy) is 1. The summed E-state index contributed by atoms with van der Waals surface area (Å²) in [6, 6.07) is 8.79. The predicted octanol–water partition coefficient (Wildman–Crippen LogP) is 2.63. The minimum Gasteiger partial charge on any atom is -0.497 e. The lowest BCUT2D eigenvalue weighted by atomic mass is 10.1. The third kappa shape index (κ3) is 4.34. The van der Waals surface area contributed by atoms with E-state index in [4.69, 9.17) is 4.74 Å². The molecule has 0 heterocycles. The molecule has 2 nitrogen and oxygen atoms in total. The first-order chi connectivity index (χ1) is 7.26. The number of hydrogen-bond acceptors (Lipinski definition) is 2. The highest BCUT2D eigenvalue weighted by Crippen LogP contribution is 2.13. The molecule has 15 heavy (non-hydrogen) atoms. The van der Waals surface area contributed by atoms with E-state index >= 15 is 0 Å². The molecule has 0 saturated carbocycles. The van der Waals surface area contributed by atoms with Gasteiger partial charge in [0.1, 0.15) is 5.75 Å². The van der Waals surface area contributed by atoms with E-state index in [-0.39, 0.29) is 0 Å². The Kier molecular flexibility index (Phi) is 5.19. The summed E-state index contributed by atoms with van der Waals surface area (Å²) in [5.41, 5.74) is 1.32. The van der Waals surface area contributed by atoms with Gasteiger partial charge in [-0.15, -0.1) is 0 Å². The summed E-state index contributed by atoms with van der Waals surface area (Å²) in [5, 5.41) is 3.48.